The summed E-state index contributed by atoms with van der Waals surface area (Å²) in [5, 5.41) is 12.5. The highest BCUT2D eigenvalue weighted by atomic mass is 19.4. The van der Waals surface area contributed by atoms with Crippen LogP contribution in [0.25, 0.3) is 5.65 Å². The van der Waals surface area contributed by atoms with Crippen LogP contribution in [0.2, 0.25) is 0 Å². The van der Waals surface area contributed by atoms with Gasteiger partial charge >= 0.3 is 6.18 Å². The van der Waals surface area contributed by atoms with Gasteiger partial charge in [-0.15, -0.1) is 0 Å². The first-order valence-electron chi connectivity index (χ1n) is 9.11. The first-order valence-corrected chi connectivity index (χ1v) is 9.11. The van der Waals surface area contributed by atoms with E-state index in [0.717, 1.165) is 11.9 Å². The predicted octanol–water partition coefficient (Wildman–Crippen LogP) is 4.63. The summed E-state index contributed by atoms with van der Waals surface area (Å²) >= 11 is 0. The molecule has 0 unspecified atom stereocenters. The molecule has 0 radical (unpaired) electrons. The summed E-state index contributed by atoms with van der Waals surface area (Å²) in [6, 6.07) is 11.6. The lowest BCUT2D eigenvalue weighted by atomic mass is 10.2. The Hall–Kier alpha value is -3.82. The van der Waals surface area contributed by atoms with Crippen LogP contribution in [0.5, 0.6) is 0 Å². The molecule has 3 heterocycles. The zero-order chi connectivity index (χ0) is 21.3. The zero-order valence-corrected chi connectivity index (χ0v) is 15.8. The fourth-order valence-corrected chi connectivity index (χ4v) is 3.01. The molecular weight excluding hydrogens is 397 g/mol. The van der Waals surface area contributed by atoms with Gasteiger partial charge in [-0.25, -0.2) is 4.98 Å². The highest BCUT2D eigenvalue weighted by Crippen LogP contribution is 2.30. The van der Waals surface area contributed by atoms with E-state index in [9.17, 15) is 18.0 Å². The van der Waals surface area contributed by atoms with Gasteiger partial charge in [-0.2, -0.15) is 18.3 Å². The van der Waals surface area contributed by atoms with Gasteiger partial charge in [0.05, 0.1) is 11.8 Å². The zero-order valence-electron chi connectivity index (χ0n) is 15.8. The van der Waals surface area contributed by atoms with Crippen molar-refractivity contribution in [2.45, 2.75) is 19.5 Å². The summed E-state index contributed by atoms with van der Waals surface area (Å²) < 4.78 is 40.2. The van der Waals surface area contributed by atoms with Crippen molar-refractivity contribution in [1.29, 1.82) is 0 Å². The van der Waals surface area contributed by atoms with Gasteiger partial charge in [0.25, 0.3) is 5.91 Å². The van der Waals surface area contributed by atoms with Gasteiger partial charge in [-0.1, -0.05) is 13.0 Å². The number of nitrogens with one attached hydrogen (secondary N) is 3. The van der Waals surface area contributed by atoms with Crippen molar-refractivity contribution in [3.63, 3.8) is 0 Å². The first-order chi connectivity index (χ1) is 14.3. The lowest BCUT2D eigenvalue weighted by Gasteiger charge is -2.10. The molecule has 1 aromatic carbocycles. The van der Waals surface area contributed by atoms with Crippen molar-refractivity contribution >= 4 is 28.7 Å². The van der Waals surface area contributed by atoms with Gasteiger partial charge in [-0.3, -0.25) is 14.3 Å². The summed E-state index contributed by atoms with van der Waals surface area (Å²) in [6.45, 7) is 1.92. The number of benzene rings is 1. The van der Waals surface area contributed by atoms with Gasteiger partial charge in [0, 0.05) is 23.3 Å². The molecule has 0 fully saturated rings. The summed E-state index contributed by atoms with van der Waals surface area (Å²) in [4.78, 5) is 16.0. The number of carbonyl (C=O) groups excluding carboxylic acids is 1. The molecule has 0 aliphatic carbocycles. The number of H-pyrrole nitrogens is 1. The van der Waals surface area contributed by atoms with Crippen molar-refractivity contribution < 1.29 is 18.0 Å². The van der Waals surface area contributed by atoms with Crippen LogP contribution >= 0.6 is 0 Å². The van der Waals surface area contributed by atoms with Crippen LogP contribution in [0.3, 0.4) is 0 Å². The molecule has 0 aliphatic heterocycles. The second kappa shape index (κ2) is 7.54. The van der Waals surface area contributed by atoms with Crippen LogP contribution in [-0.2, 0) is 12.6 Å². The van der Waals surface area contributed by atoms with E-state index in [2.05, 4.69) is 25.8 Å². The Bertz CT molecular complexity index is 1190. The van der Waals surface area contributed by atoms with E-state index < -0.39 is 11.9 Å². The second-order valence-electron chi connectivity index (χ2n) is 6.54. The maximum absolute atomic E-state index is 12.9. The fraction of sp³-hybridized carbons (Fsp3) is 0.150. The lowest BCUT2D eigenvalue weighted by Crippen LogP contribution is -2.13. The van der Waals surface area contributed by atoms with Crippen molar-refractivity contribution in [2.75, 3.05) is 10.6 Å². The van der Waals surface area contributed by atoms with Gasteiger partial charge in [0.2, 0.25) is 0 Å². The third-order valence-corrected chi connectivity index (χ3v) is 4.51. The Labute approximate surface area is 168 Å². The quantitative estimate of drug-likeness (QED) is 0.444. The molecule has 0 saturated heterocycles. The van der Waals surface area contributed by atoms with E-state index in [1.165, 1.54) is 16.7 Å². The Morgan fingerprint density at radius 3 is 2.57 bits per heavy atom. The number of anilines is 3. The molecule has 30 heavy (non-hydrogen) atoms. The molecule has 10 heteroatoms. The largest absolute Gasteiger partial charge is 0.434 e. The van der Waals surface area contributed by atoms with Gasteiger partial charge < -0.3 is 10.6 Å². The van der Waals surface area contributed by atoms with E-state index >= 15 is 0 Å². The molecule has 7 nitrogen and oxygen atoms in total. The number of aryl methyl sites for hydroxylation is 1. The topological polar surface area (TPSA) is 87.1 Å². The molecule has 4 aromatic rings. The molecule has 3 aromatic heterocycles. The summed E-state index contributed by atoms with van der Waals surface area (Å²) in [7, 11) is 0. The number of rotatable bonds is 5. The van der Waals surface area contributed by atoms with Gasteiger partial charge in [0.15, 0.2) is 5.69 Å². The number of hydrogen-bond donors (Lipinski definition) is 3. The number of fused-ring (bicyclic) bond motifs is 1. The average molecular weight is 414 g/mol. The second-order valence-corrected chi connectivity index (χ2v) is 6.54. The number of halogens is 3. The number of carbonyl (C=O) groups is 1. The van der Waals surface area contributed by atoms with E-state index in [-0.39, 0.29) is 11.6 Å². The van der Waals surface area contributed by atoms with Crippen molar-refractivity contribution in [1.82, 2.24) is 19.6 Å². The number of nitrogens with zero attached hydrogens (tertiary/aromatic N) is 3. The predicted molar refractivity (Wildman–Crippen MR) is 106 cm³/mol. The number of amides is 1. The molecule has 0 saturated carbocycles. The monoisotopic (exact) mass is 414 g/mol. The Balaban J connectivity index is 1.51. The number of pyridine rings is 1. The number of imidazole rings is 1. The van der Waals surface area contributed by atoms with Gasteiger partial charge in [-0.05, 0) is 42.8 Å². The third-order valence-electron chi connectivity index (χ3n) is 4.51. The molecule has 1 amide bonds. The minimum absolute atomic E-state index is 0.183. The van der Waals surface area contributed by atoms with Crippen LogP contribution in [0.15, 0.2) is 54.9 Å². The minimum Gasteiger partial charge on any atom is -0.341 e. The van der Waals surface area contributed by atoms with E-state index in [4.69, 9.17) is 0 Å². The highest BCUT2D eigenvalue weighted by molar-refractivity contribution is 6.04. The summed E-state index contributed by atoms with van der Waals surface area (Å²) in [6.07, 6.45) is -1.44. The van der Waals surface area contributed by atoms with Crippen molar-refractivity contribution in [3.8, 4) is 0 Å². The maximum atomic E-state index is 12.9. The van der Waals surface area contributed by atoms with E-state index in [1.807, 2.05) is 6.92 Å². The first kappa shape index (κ1) is 19.5. The van der Waals surface area contributed by atoms with Crippen molar-refractivity contribution in [3.05, 3.63) is 71.8 Å². The van der Waals surface area contributed by atoms with Crippen LogP contribution in [-0.4, -0.2) is 25.5 Å². The SMILES string of the molecule is CCc1[nH]ncc1C(=O)Nc1ccc(Nc2cccc3nc(C(F)(F)F)cn23)cc1. The molecule has 0 bridgehead atoms. The van der Waals surface area contributed by atoms with Gasteiger partial charge in [0.1, 0.15) is 11.5 Å². The fourth-order valence-electron chi connectivity index (χ4n) is 3.01. The van der Waals surface area contributed by atoms with Crippen LogP contribution in [0, 0.1) is 0 Å². The number of aromatic amines is 1. The Kier molecular flexibility index (Phi) is 4.90. The Morgan fingerprint density at radius 2 is 1.87 bits per heavy atom. The smallest absolute Gasteiger partial charge is 0.341 e. The van der Waals surface area contributed by atoms with Crippen molar-refractivity contribution in [2.24, 2.45) is 0 Å². The third kappa shape index (κ3) is 3.84. The molecule has 3 N–H and O–H groups in total. The minimum atomic E-state index is -4.52. The highest BCUT2D eigenvalue weighted by Gasteiger charge is 2.34. The Morgan fingerprint density at radius 1 is 1.13 bits per heavy atom. The lowest BCUT2D eigenvalue weighted by molar-refractivity contribution is -0.140. The normalized spacial score (nSPS) is 11.6. The average Bonchev–Trinajstić information content (AvgIpc) is 3.36. The molecule has 0 spiro atoms. The molecule has 0 atom stereocenters. The maximum Gasteiger partial charge on any atom is 0.434 e. The molecule has 154 valence electrons. The van der Waals surface area contributed by atoms with Crippen LogP contribution in [0.4, 0.5) is 30.4 Å². The molecular formula is C20H17F3N6O. The summed E-state index contributed by atoms with van der Waals surface area (Å²) in [5.41, 5.74) is 1.67. The van der Waals surface area contributed by atoms with E-state index in [1.54, 1.807) is 36.4 Å². The molecule has 4 rings (SSSR count). The van der Waals surface area contributed by atoms with E-state index in [0.29, 0.717) is 29.2 Å². The molecule has 0 aliphatic rings. The van der Waals surface area contributed by atoms with Crippen LogP contribution < -0.4 is 10.6 Å². The standard InChI is InChI=1S/C20H17F3N6O/c1-2-15-14(10-24-28-15)19(30)26-13-8-6-12(7-9-13)25-17-4-3-5-18-27-16(11-29(17)18)20(21,22)23/h3-11,25H,2H2,1H3,(H,24,28)(H,26,30). The number of aromatic nitrogens is 4. The van der Waals surface area contributed by atoms with Crippen LogP contribution in [0.1, 0.15) is 28.7 Å². The summed E-state index contributed by atoms with van der Waals surface area (Å²) in [5.74, 6) is 0.155. The number of alkyl halides is 3. The number of hydrogen-bond acceptors (Lipinski definition) is 4.